The Kier molecular flexibility index (Phi) is 1.92. The molecule has 5 heteroatoms. The van der Waals surface area contributed by atoms with Crippen LogP contribution in [0.25, 0.3) is 0 Å². The average molecular weight is 172 g/mol. The number of nitriles is 1. The zero-order valence-corrected chi connectivity index (χ0v) is 5.74. The minimum Gasteiger partial charge on any atom is -0.395 e. The van der Waals surface area contributed by atoms with E-state index in [4.69, 9.17) is 11.0 Å². The summed E-state index contributed by atoms with van der Waals surface area (Å²) in [4.78, 5) is 0. The summed E-state index contributed by atoms with van der Waals surface area (Å²) < 4.78 is 37.5. The maximum atomic E-state index is 12.6. The first-order valence-corrected chi connectivity index (χ1v) is 2.91. The van der Waals surface area contributed by atoms with Crippen molar-refractivity contribution in [2.75, 3.05) is 5.73 Å². The van der Waals surface area contributed by atoms with Crippen molar-refractivity contribution < 1.29 is 13.2 Å². The van der Waals surface area contributed by atoms with Crippen LogP contribution in [0.4, 0.5) is 18.9 Å². The van der Waals surface area contributed by atoms with Gasteiger partial charge in [0.15, 0.2) is 11.6 Å². The average Bonchev–Trinajstić information content (AvgIpc) is 2.01. The van der Waals surface area contributed by atoms with Crippen LogP contribution in [0.5, 0.6) is 0 Å². The first-order valence-electron chi connectivity index (χ1n) is 2.91. The number of nitrogens with zero attached hydrogens (tertiary/aromatic N) is 1. The Balaban J connectivity index is 3.54. The van der Waals surface area contributed by atoms with Gasteiger partial charge in [0.2, 0.25) is 0 Å². The largest absolute Gasteiger partial charge is 0.395 e. The van der Waals surface area contributed by atoms with Crippen molar-refractivity contribution in [1.29, 1.82) is 5.26 Å². The molecule has 0 saturated heterocycles. The minimum absolute atomic E-state index is 0.282. The molecule has 0 unspecified atom stereocenters. The molecule has 1 aromatic carbocycles. The Bertz CT molecular complexity index is 368. The lowest BCUT2D eigenvalue weighted by atomic mass is 10.2. The van der Waals surface area contributed by atoms with E-state index in [1.165, 1.54) is 6.07 Å². The lowest BCUT2D eigenvalue weighted by molar-refractivity contribution is 0.497. The molecular formula is C7H3F3N2. The molecule has 1 aromatic rings. The fourth-order valence-electron chi connectivity index (χ4n) is 0.727. The molecule has 2 N–H and O–H groups in total. The molecule has 62 valence electrons. The molecule has 0 aliphatic carbocycles. The standard InChI is InChI=1S/C7H3F3N2/c8-4-1-5(9)6(10)7(12)3(4)2-11/h1H,12H2. The number of halogens is 3. The van der Waals surface area contributed by atoms with Crippen molar-refractivity contribution >= 4 is 5.69 Å². The van der Waals surface area contributed by atoms with Crippen molar-refractivity contribution in [2.45, 2.75) is 0 Å². The quantitative estimate of drug-likeness (QED) is 0.476. The van der Waals surface area contributed by atoms with Crippen LogP contribution in [0.15, 0.2) is 6.07 Å². The summed E-state index contributed by atoms with van der Waals surface area (Å²) in [6.07, 6.45) is 0. The van der Waals surface area contributed by atoms with Crippen LogP contribution >= 0.6 is 0 Å². The van der Waals surface area contributed by atoms with Gasteiger partial charge in [0.05, 0.1) is 5.69 Å². The van der Waals surface area contributed by atoms with Gasteiger partial charge < -0.3 is 5.73 Å². The predicted molar refractivity (Wildman–Crippen MR) is 35.4 cm³/mol. The van der Waals surface area contributed by atoms with Gasteiger partial charge in [0.25, 0.3) is 0 Å². The molecule has 1 rings (SSSR count). The highest BCUT2D eigenvalue weighted by Crippen LogP contribution is 2.21. The highest BCUT2D eigenvalue weighted by atomic mass is 19.2. The summed E-state index contributed by atoms with van der Waals surface area (Å²) in [5, 5.41) is 8.26. The van der Waals surface area contributed by atoms with E-state index in [-0.39, 0.29) is 6.07 Å². The van der Waals surface area contributed by atoms with Crippen molar-refractivity contribution in [3.05, 3.63) is 29.1 Å². The summed E-state index contributed by atoms with van der Waals surface area (Å²) in [5.74, 6) is -3.95. The Hall–Kier alpha value is -1.70. The third-order valence-corrected chi connectivity index (χ3v) is 1.32. The van der Waals surface area contributed by atoms with E-state index in [1.54, 1.807) is 0 Å². The van der Waals surface area contributed by atoms with E-state index in [1.807, 2.05) is 0 Å². The maximum Gasteiger partial charge on any atom is 0.183 e. The fourth-order valence-corrected chi connectivity index (χ4v) is 0.727. The summed E-state index contributed by atoms with van der Waals surface area (Å²) in [7, 11) is 0. The molecular weight excluding hydrogens is 169 g/mol. The van der Waals surface area contributed by atoms with Gasteiger partial charge in [0.1, 0.15) is 17.4 Å². The molecule has 0 aliphatic heterocycles. The normalized spacial score (nSPS) is 9.50. The first-order chi connectivity index (χ1) is 5.57. The van der Waals surface area contributed by atoms with Crippen LogP contribution in [0.2, 0.25) is 0 Å². The zero-order chi connectivity index (χ0) is 9.30. The van der Waals surface area contributed by atoms with E-state index < -0.39 is 28.7 Å². The highest BCUT2D eigenvalue weighted by molar-refractivity contribution is 5.55. The van der Waals surface area contributed by atoms with Crippen LogP contribution in [0.3, 0.4) is 0 Å². The first kappa shape index (κ1) is 8.40. The summed E-state index contributed by atoms with van der Waals surface area (Å²) >= 11 is 0. The number of hydrogen-bond acceptors (Lipinski definition) is 2. The minimum atomic E-state index is -1.40. The highest BCUT2D eigenvalue weighted by Gasteiger charge is 2.15. The summed E-state index contributed by atoms with van der Waals surface area (Å²) in [6.45, 7) is 0. The van der Waals surface area contributed by atoms with Gasteiger partial charge in [-0.05, 0) is 0 Å². The Morgan fingerprint density at radius 3 is 2.33 bits per heavy atom. The van der Waals surface area contributed by atoms with Crippen LogP contribution in [-0.4, -0.2) is 0 Å². The van der Waals surface area contributed by atoms with Gasteiger partial charge >= 0.3 is 0 Å². The van der Waals surface area contributed by atoms with Crippen LogP contribution < -0.4 is 5.73 Å². The monoisotopic (exact) mass is 172 g/mol. The SMILES string of the molecule is N#Cc1c(F)cc(F)c(F)c1N. The van der Waals surface area contributed by atoms with Gasteiger partial charge in [-0.1, -0.05) is 0 Å². The molecule has 0 fully saturated rings. The van der Waals surface area contributed by atoms with Gasteiger partial charge in [-0.2, -0.15) is 5.26 Å². The van der Waals surface area contributed by atoms with Gasteiger partial charge in [-0.3, -0.25) is 0 Å². The Morgan fingerprint density at radius 2 is 1.83 bits per heavy atom. The second kappa shape index (κ2) is 2.74. The van der Waals surface area contributed by atoms with Crippen molar-refractivity contribution in [3.8, 4) is 6.07 Å². The number of nitrogen functional groups attached to an aromatic ring is 1. The van der Waals surface area contributed by atoms with Gasteiger partial charge in [-0.15, -0.1) is 0 Å². The topological polar surface area (TPSA) is 49.8 Å². The molecule has 2 nitrogen and oxygen atoms in total. The van der Waals surface area contributed by atoms with Crippen LogP contribution in [-0.2, 0) is 0 Å². The molecule has 12 heavy (non-hydrogen) atoms. The molecule has 0 spiro atoms. The molecule has 0 radical (unpaired) electrons. The summed E-state index contributed by atoms with van der Waals surface area (Å²) in [5.41, 5.74) is 3.45. The Morgan fingerprint density at radius 1 is 1.25 bits per heavy atom. The Labute approximate surface area is 66.0 Å². The molecule has 0 bridgehead atoms. The van der Waals surface area contributed by atoms with Crippen LogP contribution in [0, 0.1) is 28.8 Å². The zero-order valence-electron chi connectivity index (χ0n) is 5.74. The molecule has 0 aliphatic rings. The molecule has 0 amide bonds. The van der Waals surface area contributed by atoms with E-state index in [9.17, 15) is 13.2 Å². The number of rotatable bonds is 0. The van der Waals surface area contributed by atoms with Crippen LogP contribution in [0.1, 0.15) is 5.56 Å². The second-order valence-corrected chi connectivity index (χ2v) is 2.05. The predicted octanol–water partition coefficient (Wildman–Crippen LogP) is 1.56. The molecule has 0 atom stereocenters. The number of nitrogens with two attached hydrogens (primary N) is 1. The smallest absolute Gasteiger partial charge is 0.183 e. The van der Waals surface area contributed by atoms with Gasteiger partial charge in [-0.25, -0.2) is 13.2 Å². The van der Waals surface area contributed by atoms with E-state index in [2.05, 4.69) is 0 Å². The third-order valence-electron chi connectivity index (χ3n) is 1.32. The second-order valence-electron chi connectivity index (χ2n) is 2.05. The number of benzene rings is 1. The number of anilines is 1. The fraction of sp³-hybridized carbons (Fsp3) is 0. The summed E-state index contributed by atoms with van der Waals surface area (Å²) in [6, 6.07) is 1.61. The van der Waals surface area contributed by atoms with E-state index in [0.29, 0.717) is 0 Å². The van der Waals surface area contributed by atoms with Crippen molar-refractivity contribution in [3.63, 3.8) is 0 Å². The van der Waals surface area contributed by atoms with Crippen molar-refractivity contribution in [2.24, 2.45) is 0 Å². The lowest BCUT2D eigenvalue weighted by Crippen LogP contribution is -2.01. The molecule has 0 saturated carbocycles. The molecule has 0 heterocycles. The van der Waals surface area contributed by atoms with Crippen molar-refractivity contribution in [1.82, 2.24) is 0 Å². The van der Waals surface area contributed by atoms with Gasteiger partial charge in [0, 0.05) is 6.07 Å². The maximum absolute atomic E-state index is 12.6. The molecule has 0 aromatic heterocycles. The lowest BCUT2D eigenvalue weighted by Gasteiger charge is -2.00. The third kappa shape index (κ3) is 1.07. The van der Waals surface area contributed by atoms with E-state index >= 15 is 0 Å². The number of hydrogen-bond donors (Lipinski definition) is 1. The van der Waals surface area contributed by atoms with E-state index in [0.717, 1.165) is 0 Å².